The fourth-order valence-corrected chi connectivity index (χ4v) is 2.04. The molecule has 20 heavy (non-hydrogen) atoms. The lowest BCUT2D eigenvalue weighted by Crippen LogP contribution is -2.13. The molecule has 1 aromatic heterocycles. The highest BCUT2D eigenvalue weighted by Crippen LogP contribution is 2.17. The van der Waals surface area contributed by atoms with Crippen molar-refractivity contribution in [2.45, 2.75) is 12.8 Å². The number of ether oxygens (including phenoxy) is 1. The average Bonchev–Trinajstić information content (AvgIpc) is 2.80. The number of carbonyl (C=O) groups is 1. The molecule has 1 aromatic carbocycles. The van der Waals surface area contributed by atoms with Gasteiger partial charge in [0.15, 0.2) is 5.82 Å². The van der Waals surface area contributed by atoms with E-state index in [2.05, 4.69) is 26.3 Å². The minimum absolute atomic E-state index is 0.0541. The maximum absolute atomic E-state index is 11.7. The predicted molar refractivity (Wildman–Crippen MR) is 80.7 cm³/mol. The highest BCUT2D eigenvalue weighted by atomic mass is 79.9. The molecule has 0 saturated heterocycles. The maximum atomic E-state index is 11.7. The second kappa shape index (κ2) is 7.09. The summed E-state index contributed by atoms with van der Waals surface area (Å²) in [6.45, 7) is 0.506. The second-order valence-electron chi connectivity index (χ2n) is 4.33. The van der Waals surface area contributed by atoms with Gasteiger partial charge >= 0.3 is 0 Å². The van der Waals surface area contributed by atoms with Gasteiger partial charge in [0.05, 0.1) is 6.61 Å². The number of rotatable bonds is 6. The molecule has 1 N–H and O–H groups in total. The standard InChI is InChI=1S/C14H16BrN3O2/c1-18-8-7-13(17-18)16-14(19)6-3-9-20-12-5-2-4-11(15)10-12/h2,4-5,7-8,10H,3,6,9H2,1H3,(H,16,17,19). The van der Waals surface area contributed by atoms with E-state index in [1.54, 1.807) is 16.9 Å². The van der Waals surface area contributed by atoms with Gasteiger partial charge in [-0.15, -0.1) is 0 Å². The SMILES string of the molecule is Cn1ccc(NC(=O)CCCOc2cccc(Br)c2)n1. The molecule has 0 saturated carbocycles. The first-order valence-corrected chi connectivity index (χ1v) is 7.10. The van der Waals surface area contributed by atoms with Crippen molar-refractivity contribution in [2.75, 3.05) is 11.9 Å². The van der Waals surface area contributed by atoms with Gasteiger partial charge in [-0.25, -0.2) is 0 Å². The van der Waals surface area contributed by atoms with Crippen molar-refractivity contribution in [1.82, 2.24) is 9.78 Å². The van der Waals surface area contributed by atoms with Crippen LogP contribution < -0.4 is 10.1 Å². The number of anilines is 1. The van der Waals surface area contributed by atoms with Crippen LogP contribution in [-0.4, -0.2) is 22.3 Å². The monoisotopic (exact) mass is 337 g/mol. The topological polar surface area (TPSA) is 56.2 Å². The van der Waals surface area contributed by atoms with Crippen molar-refractivity contribution in [3.05, 3.63) is 41.0 Å². The van der Waals surface area contributed by atoms with E-state index in [4.69, 9.17) is 4.74 Å². The Kier molecular flexibility index (Phi) is 5.17. The molecule has 0 fully saturated rings. The van der Waals surface area contributed by atoms with Gasteiger partial charge in [0, 0.05) is 30.2 Å². The zero-order chi connectivity index (χ0) is 14.4. The van der Waals surface area contributed by atoms with Gasteiger partial charge in [-0.05, 0) is 24.6 Å². The van der Waals surface area contributed by atoms with Crippen LogP contribution in [0.25, 0.3) is 0 Å². The van der Waals surface area contributed by atoms with E-state index in [9.17, 15) is 4.79 Å². The van der Waals surface area contributed by atoms with Crippen LogP contribution in [0, 0.1) is 0 Å². The smallest absolute Gasteiger partial charge is 0.225 e. The Hall–Kier alpha value is -1.82. The molecule has 2 aromatic rings. The van der Waals surface area contributed by atoms with Crippen molar-refractivity contribution in [1.29, 1.82) is 0 Å². The summed E-state index contributed by atoms with van der Waals surface area (Å²) in [7, 11) is 1.81. The van der Waals surface area contributed by atoms with Gasteiger partial charge in [-0.2, -0.15) is 5.10 Å². The Balaban J connectivity index is 1.67. The molecule has 0 aliphatic heterocycles. The van der Waals surface area contributed by atoms with E-state index >= 15 is 0 Å². The normalized spacial score (nSPS) is 10.3. The van der Waals surface area contributed by atoms with Crippen molar-refractivity contribution >= 4 is 27.7 Å². The third-order valence-electron chi connectivity index (χ3n) is 2.59. The number of aryl methyl sites for hydroxylation is 1. The zero-order valence-corrected chi connectivity index (χ0v) is 12.8. The number of carbonyl (C=O) groups excluding carboxylic acids is 1. The third-order valence-corrected chi connectivity index (χ3v) is 3.09. The molecule has 0 radical (unpaired) electrons. The molecular weight excluding hydrogens is 322 g/mol. The zero-order valence-electron chi connectivity index (χ0n) is 11.2. The van der Waals surface area contributed by atoms with Crippen LogP contribution in [0.15, 0.2) is 41.0 Å². The Bertz CT molecular complexity index is 583. The minimum Gasteiger partial charge on any atom is -0.494 e. The van der Waals surface area contributed by atoms with Gasteiger partial charge < -0.3 is 10.1 Å². The summed E-state index contributed by atoms with van der Waals surface area (Å²) in [5.41, 5.74) is 0. The van der Waals surface area contributed by atoms with Crippen LogP contribution in [0.5, 0.6) is 5.75 Å². The van der Waals surface area contributed by atoms with Gasteiger partial charge in [0.2, 0.25) is 5.91 Å². The van der Waals surface area contributed by atoms with Crippen molar-refractivity contribution in [2.24, 2.45) is 7.05 Å². The molecule has 5 nitrogen and oxygen atoms in total. The van der Waals surface area contributed by atoms with Gasteiger partial charge in [-0.3, -0.25) is 9.48 Å². The van der Waals surface area contributed by atoms with Crippen LogP contribution in [0.1, 0.15) is 12.8 Å². The Labute approximate surface area is 126 Å². The Morgan fingerprint density at radius 3 is 3.00 bits per heavy atom. The molecule has 6 heteroatoms. The number of halogens is 1. The lowest BCUT2D eigenvalue weighted by Gasteiger charge is -2.06. The number of nitrogens with one attached hydrogen (secondary N) is 1. The Morgan fingerprint density at radius 2 is 2.30 bits per heavy atom. The molecule has 0 bridgehead atoms. The lowest BCUT2D eigenvalue weighted by molar-refractivity contribution is -0.116. The van der Waals surface area contributed by atoms with Gasteiger partial charge in [-0.1, -0.05) is 22.0 Å². The average molecular weight is 338 g/mol. The van der Waals surface area contributed by atoms with E-state index in [1.807, 2.05) is 31.3 Å². The number of aromatic nitrogens is 2. The van der Waals surface area contributed by atoms with Crippen LogP contribution in [-0.2, 0) is 11.8 Å². The maximum Gasteiger partial charge on any atom is 0.225 e. The predicted octanol–water partition coefficient (Wildman–Crippen LogP) is 2.98. The molecule has 0 unspecified atom stereocenters. The fraction of sp³-hybridized carbons (Fsp3) is 0.286. The molecule has 2 rings (SSSR count). The molecule has 1 amide bonds. The summed E-state index contributed by atoms with van der Waals surface area (Å²) in [5, 5.41) is 6.82. The summed E-state index contributed by atoms with van der Waals surface area (Å²) >= 11 is 3.38. The fourth-order valence-electron chi connectivity index (χ4n) is 1.67. The summed E-state index contributed by atoms with van der Waals surface area (Å²) < 4.78 is 8.18. The molecule has 106 valence electrons. The first kappa shape index (κ1) is 14.6. The quantitative estimate of drug-likeness (QED) is 0.824. The number of nitrogens with zero attached hydrogens (tertiary/aromatic N) is 2. The largest absolute Gasteiger partial charge is 0.494 e. The number of benzene rings is 1. The first-order chi connectivity index (χ1) is 9.63. The van der Waals surface area contributed by atoms with Gasteiger partial charge in [0.1, 0.15) is 5.75 Å². The van der Waals surface area contributed by atoms with Gasteiger partial charge in [0.25, 0.3) is 0 Å². The molecular formula is C14H16BrN3O2. The minimum atomic E-state index is -0.0541. The molecule has 0 aliphatic rings. The van der Waals surface area contributed by atoms with E-state index in [0.717, 1.165) is 10.2 Å². The third kappa shape index (κ3) is 4.70. The highest BCUT2D eigenvalue weighted by Gasteiger charge is 2.04. The molecule has 0 spiro atoms. The molecule has 0 aliphatic carbocycles. The second-order valence-corrected chi connectivity index (χ2v) is 5.25. The van der Waals surface area contributed by atoms with Crippen LogP contribution >= 0.6 is 15.9 Å². The van der Waals surface area contributed by atoms with E-state index < -0.39 is 0 Å². The van der Waals surface area contributed by atoms with Crippen molar-refractivity contribution in [3.63, 3.8) is 0 Å². The lowest BCUT2D eigenvalue weighted by atomic mass is 10.3. The van der Waals surface area contributed by atoms with Crippen LogP contribution in [0.2, 0.25) is 0 Å². The number of hydrogen-bond acceptors (Lipinski definition) is 3. The van der Waals surface area contributed by atoms with Crippen LogP contribution in [0.4, 0.5) is 5.82 Å². The first-order valence-electron chi connectivity index (χ1n) is 6.31. The molecule has 0 atom stereocenters. The Morgan fingerprint density at radius 1 is 1.45 bits per heavy atom. The highest BCUT2D eigenvalue weighted by molar-refractivity contribution is 9.10. The summed E-state index contributed by atoms with van der Waals surface area (Å²) in [4.78, 5) is 11.7. The summed E-state index contributed by atoms with van der Waals surface area (Å²) in [6.07, 6.45) is 2.85. The van der Waals surface area contributed by atoms with Crippen LogP contribution in [0.3, 0.4) is 0 Å². The van der Waals surface area contributed by atoms with Crippen molar-refractivity contribution < 1.29 is 9.53 Å². The van der Waals surface area contributed by atoms with E-state index in [0.29, 0.717) is 25.3 Å². The van der Waals surface area contributed by atoms with Crippen molar-refractivity contribution in [3.8, 4) is 5.75 Å². The number of hydrogen-bond donors (Lipinski definition) is 1. The molecule has 1 heterocycles. The number of amides is 1. The summed E-state index contributed by atoms with van der Waals surface area (Å²) in [5.74, 6) is 1.32. The van der Waals surface area contributed by atoms with E-state index in [1.165, 1.54) is 0 Å². The summed E-state index contributed by atoms with van der Waals surface area (Å²) in [6, 6.07) is 9.39. The van der Waals surface area contributed by atoms with E-state index in [-0.39, 0.29) is 5.91 Å².